The number of thiazole rings is 1. The summed E-state index contributed by atoms with van der Waals surface area (Å²) in [6.45, 7) is 7.36. The van der Waals surface area contributed by atoms with Gasteiger partial charge in [0.05, 0.1) is 12.1 Å². The molecule has 0 atom stereocenters. The molecule has 2 heterocycles. The van der Waals surface area contributed by atoms with E-state index >= 15 is 0 Å². The topological polar surface area (TPSA) is 60.5 Å². The van der Waals surface area contributed by atoms with E-state index in [1.165, 1.54) is 28.0 Å². The van der Waals surface area contributed by atoms with Gasteiger partial charge in [0.1, 0.15) is 13.2 Å². The zero-order valence-corrected chi connectivity index (χ0v) is 17.0. The van der Waals surface area contributed by atoms with E-state index in [9.17, 15) is 4.79 Å². The zero-order chi connectivity index (χ0) is 19.7. The van der Waals surface area contributed by atoms with Crippen molar-refractivity contribution >= 4 is 22.4 Å². The summed E-state index contributed by atoms with van der Waals surface area (Å²) < 4.78 is 11.1. The monoisotopic (exact) mass is 394 g/mol. The first-order valence-electron chi connectivity index (χ1n) is 9.22. The van der Waals surface area contributed by atoms with E-state index in [2.05, 4.69) is 43.2 Å². The van der Waals surface area contributed by atoms with Crippen molar-refractivity contribution in [3.8, 4) is 22.8 Å². The molecule has 1 aliphatic rings. The Bertz CT molecular complexity index is 1020. The predicted molar refractivity (Wildman–Crippen MR) is 112 cm³/mol. The lowest BCUT2D eigenvalue weighted by molar-refractivity contribution is -0.115. The van der Waals surface area contributed by atoms with Crippen LogP contribution in [0.25, 0.3) is 11.3 Å². The largest absolute Gasteiger partial charge is 0.486 e. The first kappa shape index (κ1) is 18.5. The van der Waals surface area contributed by atoms with E-state index in [4.69, 9.17) is 9.47 Å². The molecule has 0 fully saturated rings. The van der Waals surface area contributed by atoms with Crippen LogP contribution in [0.4, 0.5) is 5.13 Å². The first-order valence-corrected chi connectivity index (χ1v) is 10.1. The molecule has 0 bridgehead atoms. The fourth-order valence-electron chi connectivity index (χ4n) is 3.58. The van der Waals surface area contributed by atoms with Crippen LogP contribution in [0.2, 0.25) is 0 Å². The minimum absolute atomic E-state index is 0.102. The van der Waals surface area contributed by atoms with Gasteiger partial charge in [0.25, 0.3) is 0 Å². The van der Waals surface area contributed by atoms with Gasteiger partial charge in [-0.2, -0.15) is 0 Å². The van der Waals surface area contributed by atoms with Gasteiger partial charge in [0, 0.05) is 10.9 Å². The number of amides is 1. The average Bonchev–Trinajstić information content (AvgIpc) is 3.08. The van der Waals surface area contributed by atoms with E-state index < -0.39 is 0 Å². The smallest absolute Gasteiger partial charge is 0.230 e. The van der Waals surface area contributed by atoms with Crippen molar-refractivity contribution in [2.45, 2.75) is 27.2 Å². The number of rotatable bonds is 4. The average molecular weight is 394 g/mol. The van der Waals surface area contributed by atoms with E-state index in [1.807, 2.05) is 23.6 Å². The van der Waals surface area contributed by atoms with Crippen molar-refractivity contribution in [3.05, 3.63) is 58.0 Å². The molecule has 144 valence electrons. The van der Waals surface area contributed by atoms with Crippen molar-refractivity contribution in [1.29, 1.82) is 0 Å². The van der Waals surface area contributed by atoms with Gasteiger partial charge in [0.15, 0.2) is 16.6 Å². The molecule has 5 nitrogen and oxygen atoms in total. The second-order valence-electron chi connectivity index (χ2n) is 7.01. The molecule has 1 amide bonds. The summed E-state index contributed by atoms with van der Waals surface area (Å²) in [7, 11) is 0. The lowest BCUT2D eigenvalue weighted by atomic mass is 9.98. The van der Waals surface area contributed by atoms with Crippen LogP contribution in [-0.4, -0.2) is 24.1 Å². The number of benzene rings is 2. The fourth-order valence-corrected chi connectivity index (χ4v) is 4.29. The van der Waals surface area contributed by atoms with Gasteiger partial charge in [-0.3, -0.25) is 4.79 Å². The number of nitrogens with one attached hydrogen (secondary N) is 1. The molecule has 0 radical (unpaired) electrons. The molecule has 28 heavy (non-hydrogen) atoms. The Balaban J connectivity index is 1.46. The summed E-state index contributed by atoms with van der Waals surface area (Å²) in [6.07, 6.45) is 0.258. The first-order chi connectivity index (χ1) is 13.5. The maximum atomic E-state index is 12.5. The molecule has 1 N–H and O–H groups in total. The van der Waals surface area contributed by atoms with E-state index in [0.29, 0.717) is 24.1 Å². The van der Waals surface area contributed by atoms with Gasteiger partial charge in [-0.05, 0) is 49.6 Å². The van der Waals surface area contributed by atoms with Gasteiger partial charge < -0.3 is 14.8 Å². The van der Waals surface area contributed by atoms with Crippen molar-refractivity contribution in [2.24, 2.45) is 0 Å². The van der Waals surface area contributed by atoms with Gasteiger partial charge in [-0.25, -0.2) is 4.98 Å². The quantitative estimate of drug-likeness (QED) is 0.697. The molecule has 1 aliphatic heterocycles. The number of nitrogens with zero attached hydrogens (tertiary/aromatic N) is 1. The minimum atomic E-state index is -0.102. The van der Waals surface area contributed by atoms with E-state index in [0.717, 1.165) is 22.6 Å². The molecule has 2 aromatic carbocycles. The van der Waals surface area contributed by atoms with Crippen LogP contribution in [0.15, 0.2) is 35.7 Å². The van der Waals surface area contributed by atoms with Crippen LogP contribution in [0.3, 0.4) is 0 Å². The summed E-state index contributed by atoms with van der Waals surface area (Å²) >= 11 is 1.44. The third-order valence-electron chi connectivity index (χ3n) is 4.65. The Morgan fingerprint density at radius 2 is 1.79 bits per heavy atom. The van der Waals surface area contributed by atoms with E-state index in [-0.39, 0.29) is 12.3 Å². The number of anilines is 1. The summed E-state index contributed by atoms with van der Waals surface area (Å²) in [5.41, 5.74) is 6.53. The van der Waals surface area contributed by atoms with Gasteiger partial charge in [0.2, 0.25) is 5.91 Å². The van der Waals surface area contributed by atoms with Crippen molar-refractivity contribution < 1.29 is 14.3 Å². The highest BCUT2D eigenvalue weighted by Crippen LogP contribution is 2.32. The highest BCUT2D eigenvalue weighted by Gasteiger charge is 2.15. The molecular formula is C22H22N2O3S. The molecule has 0 saturated carbocycles. The highest BCUT2D eigenvalue weighted by atomic mass is 32.1. The van der Waals surface area contributed by atoms with Crippen molar-refractivity contribution in [3.63, 3.8) is 0 Å². The summed E-state index contributed by atoms with van der Waals surface area (Å²) in [5.74, 6) is 1.32. The molecule has 0 spiro atoms. The maximum Gasteiger partial charge on any atom is 0.230 e. The van der Waals surface area contributed by atoms with Crippen LogP contribution >= 0.6 is 11.3 Å². The van der Waals surface area contributed by atoms with Crippen molar-refractivity contribution in [2.75, 3.05) is 18.5 Å². The Hall–Kier alpha value is -2.86. The zero-order valence-electron chi connectivity index (χ0n) is 16.2. The van der Waals surface area contributed by atoms with Crippen molar-refractivity contribution in [1.82, 2.24) is 4.98 Å². The predicted octanol–water partition coefficient (Wildman–Crippen LogP) is 4.69. The number of fused-ring (bicyclic) bond motifs is 1. The molecule has 0 unspecified atom stereocenters. The molecule has 4 rings (SSSR count). The third-order valence-corrected chi connectivity index (χ3v) is 5.41. The SMILES string of the molecule is Cc1cc(C)c(-c2csc(NC(=O)Cc3ccc4c(c3)OCCO4)n2)c(C)c1. The summed E-state index contributed by atoms with van der Waals surface area (Å²) in [4.78, 5) is 17.1. The Labute approximate surface area is 168 Å². The third kappa shape index (κ3) is 3.87. The number of aromatic nitrogens is 1. The molecule has 0 saturated heterocycles. The minimum Gasteiger partial charge on any atom is -0.486 e. The number of carbonyl (C=O) groups is 1. The summed E-state index contributed by atoms with van der Waals surface area (Å²) in [5, 5.41) is 5.51. The Kier molecular flexibility index (Phi) is 5.05. The van der Waals surface area contributed by atoms with Crippen LogP contribution in [0, 0.1) is 20.8 Å². The van der Waals surface area contributed by atoms with Gasteiger partial charge in [-0.15, -0.1) is 11.3 Å². The molecular weight excluding hydrogens is 372 g/mol. The summed E-state index contributed by atoms with van der Waals surface area (Å²) in [6, 6.07) is 9.91. The van der Waals surface area contributed by atoms with Crippen LogP contribution < -0.4 is 14.8 Å². The van der Waals surface area contributed by atoms with Crippen LogP contribution in [0.5, 0.6) is 11.5 Å². The fraction of sp³-hybridized carbons (Fsp3) is 0.273. The molecule has 6 heteroatoms. The Morgan fingerprint density at radius 3 is 2.54 bits per heavy atom. The van der Waals surface area contributed by atoms with Gasteiger partial charge in [-0.1, -0.05) is 23.8 Å². The Morgan fingerprint density at radius 1 is 1.07 bits per heavy atom. The number of hydrogen-bond donors (Lipinski definition) is 1. The molecule has 3 aromatic rings. The maximum absolute atomic E-state index is 12.5. The second kappa shape index (κ2) is 7.64. The number of aryl methyl sites for hydroxylation is 3. The lowest BCUT2D eigenvalue weighted by Gasteiger charge is -2.18. The lowest BCUT2D eigenvalue weighted by Crippen LogP contribution is -2.17. The standard InChI is InChI=1S/C22H22N2O3S/c1-13-8-14(2)21(15(3)9-13)17-12-28-22(23-17)24-20(25)11-16-4-5-18-19(10-16)27-7-6-26-18/h4-5,8-10,12H,6-7,11H2,1-3H3,(H,23,24,25). The highest BCUT2D eigenvalue weighted by molar-refractivity contribution is 7.14. The second-order valence-corrected chi connectivity index (χ2v) is 7.87. The normalized spacial score (nSPS) is 12.7. The molecule has 0 aliphatic carbocycles. The number of hydrogen-bond acceptors (Lipinski definition) is 5. The van der Waals surface area contributed by atoms with E-state index in [1.54, 1.807) is 0 Å². The van der Waals surface area contributed by atoms with Gasteiger partial charge >= 0.3 is 0 Å². The van der Waals surface area contributed by atoms with Crippen LogP contribution in [-0.2, 0) is 11.2 Å². The molecule has 1 aromatic heterocycles. The van der Waals surface area contributed by atoms with Crippen LogP contribution in [0.1, 0.15) is 22.3 Å². The number of ether oxygens (including phenoxy) is 2. The number of carbonyl (C=O) groups excluding carboxylic acids is 1.